The van der Waals surface area contributed by atoms with E-state index in [0.717, 1.165) is 23.5 Å². The van der Waals surface area contributed by atoms with Crippen molar-refractivity contribution in [3.8, 4) is 22.3 Å². The van der Waals surface area contributed by atoms with Crippen LogP contribution in [0.3, 0.4) is 0 Å². The number of hydrogen-bond donors (Lipinski definition) is 0. The lowest BCUT2D eigenvalue weighted by Gasteiger charge is -2.28. The molecule has 2 nitrogen and oxygen atoms in total. The van der Waals surface area contributed by atoms with Crippen molar-refractivity contribution >= 4 is 65.3 Å². The third-order valence-electron chi connectivity index (χ3n) is 9.06. The molecule has 2 heterocycles. The number of anilines is 3. The zero-order valence-electron chi connectivity index (χ0n) is 27.2. The van der Waals surface area contributed by atoms with E-state index in [0.29, 0.717) is 0 Å². The molecule has 0 aliphatic heterocycles. The minimum Gasteiger partial charge on any atom is -0.310 e. The van der Waals surface area contributed by atoms with Crippen molar-refractivity contribution in [2.24, 2.45) is 0 Å². The number of nitrogens with zero attached hydrogens (tertiary/aromatic N) is 2. The maximum atomic E-state index is 2.45. The Morgan fingerprint density at radius 3 is 2.00 bits per heavy atom. The first kappa shape index (κ1) is 29.7. The number of aromatic nitrogens is 1. The molecular formula is C45H36N2S. The number of benzene rings is 6. The normalized spacial score (nSPS) is 12.1. The van der Waals surface area contributed by atoms with Crippen LogP contribution in [0.2, 0.25) is 0 Å². The van der Waals surface area contributed by atoms with Gasteiger partial charge in [0.05, 0.1) is 21.4 Å². The molecule has 2 aromatic heterocycles. The Balaban J connectivity index is 1.27. The fourth-order valence-corrected chi connectivity index (χ4v) is 8.21. The van der Waals surface area contributed by atoms with E-state index >= 15 is 0 Å². The molecule has 0 atom stereocenters. The third-order valence-corrected chi connectivity index (χ3v) is 10.3. The molecule has 0 unspecified atom stereocenters. The van der Waals surface area contributed by atoms with Crippen LogP contribution in [0.15, 0.2) is 170 Å². The highest BCUT2D eigenvalue weighted by Crippen LogP contribution is 2.46. The zero-order chi connectivity index (χ0) is 32.5. The van der Waals surface area contributed by atoms with Gasteiger partial charge in [0, 0.05) is 38.1 Å². The smallest absolute Gasteiger partial charge is 0.0727 e. The summed E-state index contributed by atoms with van der Waals surface area (Å²) in [7, 11) is 0. The third kappa shape index (κ3) is 5.13. The first-order chi connectivity index (χ1) is 23.8. The summed E-state index contributed by atoms with van der Waals surface area (Å²) < 4.78 is 5.10. The van der Waals surface area contributed by atoms with Crippen LogP contribution in [0.4, 0.5) is 17.1 Å². The first-order valence-corrected chi connectivity index (χ1v) is 17.5. The van der Waals surface area contributed by atoms with Crippen molar-refractivity contribution in [3.63, 3.8) is 0 Å². The van der Waals surface area contributed by atoms with E-state index in [2.05, 4.69) is 193 Å². The van der Waals surface area contributed by atoms with Crippen molar-refractivity contribution in [2.75, 3.05) is 4.90 Å². The summed E-state index contributed by atoms with van der Waals surface area (Å²) in [6, 6.07) is 54.6. The SMILES string of the molecule is C/C=C(\C=C/CC)n1c2ccccc2c2sc3c(-c4ccc(N(c5ccccc5)c5ccccc5-c5ccccc5)cc4)cccc3c21. The minimum absolute atomic E-state index is 1.00. The molecule has 6 aromatic carbocycles. The van der Waals surface area contributed by atoms with Gasteiger partial charge in [-0.1, -0.05) is 134 Å². The molecule has 0 radical (unpaired) electrons. The first-order valence-electron chi connectivity index (χ1n) is 16.6. The van der Waals surface area contributed by atoms with E-state index < -0.39 is 0 Å². The maximum Gasteiger partial charge on any atom is 0.0727 e. The summed E-state index contributed by atoms with van der Waals surface area (Å²) in [6.07, 6.45) is 7.73. The standard InChI is InChI=1S/C45H36N2S/c1-3-5-19-34(4-2)47-42-27-15-13-23-39(42)45-43(47)40-25-16-24-38(44(40)48-45)33-28-30-36(31-29-33)46(35-20-10-7-11-21-35)41-26-14-12-22-37(41)32-17-8-6-9-18-32/h4-31H,3H2,1-2H3/b19-5-,34-4+. The van der Waals surface area contributed by atoms with Gasteiger partial charge in [0.2, 0.25) is 0 Å². The Morgan fingerprint density at radius 1 is 0.604 bits per heavy atom. The summed E-state index contributed by atoms with van der Waals surface area (Å²) in [5.41, 5.74) is 12.0. The highest BCUT2D eigenvalue weighted by atomic mass is 32.1. The van der Waals surface area contributed by atoms with Crippen molar-refractivity contribution in [1.82, 2.24) is 4.57 Å². The molecule has 0 bridgehead atoms. The second kappa shape index (κ2) is 12.9. The molecule has 0 aliphatic rings. The van der Waals surface area contributed by atoms with Gasteiger partial charge >= 0.3 is 0 Å². The average Bonchev–Trinajstić information content (AvgIpc) is 3.69. The predicted molar refractivity (Wildman–Crippen MR) is 210 cm³/mol. The molecule has 0 amide bonds. The largest absolute Gasteiger partial charge is 0.310 e. The average molecular weight is 637 g/mol. The fourth-order valence-electron chi connectivity index (χ4n) is 6.85. The molecule has 0 spiro atoms. The van der Waals surface area contributed by atoms with Crippen LogP contribution in [-0.4, -0.2) is 4.57 Å². The van der Waals surface area contributed by atoms with Crippen LogP contribution in [-0.2, 0) is 0 Å². The summed E-state index contributed by atoms with van der Waals surface area (Å²) in [5, 5.41) is 2.59. The zero-order valence-corrected chi connectivity index (χ0v) is 28.0. The molecule has 0 aliphatic carbocycles. The van der Waals surface area contributed by atoms with Crippen molar-refractivity contribution in [1.29, 1.82) is 0 Å². The summed E-state index contributed by atoms with van der Waals surface area (Å²) in [4.78, 5) is 2.36. The van der Waals surface area contributed by atoms with Crippen LogP contribution in [0.1, 0.15) is 20.3 Å². The van der Waals surface area contributed by atoms with E-state index in [-0.39, 0.29) is 0 Å². The highest BCUT2D eigenvalue weighted by Gasteiger charge is 2.21. The molecule has 3 heteroatoms. The summed E-state index contributed by atoms with van der Waals surface area (Å²) >= 11 is 1.91. The Bertz CT molecular complexity index is 2430. The number of fused-ring (bicyclic) bond motifs is 5. The molecular weight excluding hydrogens is 601 g/mol. The van der Waals surface area contributed by atoms with Gasteiger partial charge in [-0.25, -0.2) is 0 Å². The van der Waals surface area contributed by atoms with Crippen LogP contribution >= 0.6 is 11.3 Å². The molecule has 0 saturated heterocycles. The van der Waals surface area contributed by atoms with Gasteiger partial charge in [0.15, 0.2) is 0 Å². The second-order valence-corrected chi connectivity index (χ2v) is 13.0. The Labute approximate surface area is 286 Å². The number of para-hydroxylation sites is 3. The minimum atomic E-state index is 1.00. The van der Waals surface area contributed by atoms with Gasteiger partial charge in [-0.05, 0) is 72.5 Å². The lowest BCUT2D eigenvalue weighted by atomic mass is 10.0. The van der Waals surface area contributed by atoms with Gasteiger partial charge in [-0.15, -0.1) is 11.3 Å². The number of thiophene rings is 1. The predicted octanol–water partition coefficient (Wildman–Crippen LogP) is 13.6. The van der Waals surface area contributed by atoms with Gasteiger partial charge in [-0.2, -0.15) is 0 Å². The van der Waals surface area contributed by atoms with Crippen LogP contribution < -0.4 is 4.90 Å². The molecule has 0 saturated carbocycles. The number of rotatable bonds is 8. The molecule has 8 aromatic rings. The molecule has 232 valence electrons. The van der Waals surface area contributed by atoms with Crippen molar-refractivity contribution in [2.45, 2.75) is 20.3 Å². The van der Waals surface area contributed by atoms with Gasteiger partial charge in [-0.3, -0.25) is 0 Å². The van der Waals surface area contributed by atoms with E-state index in [1.807, 2.05) is 11.3 Å². The monoisotopic (exact) mass is 636 g/mol. The summed E-state index contributed by atoms with van der Waals surface area (Å²) in [6.45, 7) is 4.32. The summed E-state index contributed by atoms with van der Waals surface area (Å²) in [5.74, 6) is 0. The Kier molecular flexibility index (Phi) is 7.97. The molecule has 0 fully saturated rings. The molecule has 0 N–H and O–H groups in total. The second-order valence-electron chi connectivity index (χ2n) is 11.9. The van der Waals surface area contributed by atoms with E-state index in [1.165, 1.54) is 59.2 Å². The van der Waals surface area contributed by atoms with E-state index in [1.54, 1.807) is 0 Å². The molecule has 8 rings (SSSR count). The fraction of sp³-hybridized carbons (Fsp3) is 0.0667. The topological polar surface area (TPSA) is 8.17 Å². The van der Waals surface area contributed by atoms with Crippen LogP contribution in [0.25, 0.3) is 59.2 Å². The van der Waals surface area contributed by atoms with E-state index in [9.17, 15) is 0 Å². The Hall–Kier alpha value is -5.64. The van der Waals surface area contributed by atoms with Gasteiger partial charge in [0.25, 0.3) is 0 Å². The lowest BCUT2D eigenvalue weighted by molar-refractivity contribution is 1.20. The van der Waals surface area contributed by atoms with Crippen LogP contribution in [0.5, 0.6) is 0 Å². The highest BCUT2D eigenvalue weighted by molar-refractivity contribution is 7.27. The number of hydrogen-bond acceptors (Lipinski definition) is 2. The number of allylic oxidation sites excluding steroid dienone is 4. The Morgan fingerprint density at radius 2 is 1.23 bits per heavy atom. The maximum absolute atomic E-state index is 2.45. The van der Waals surface area contributed by atoms with Gasteiger partial charge < -0.3 is 9.47 Å². The molecule has 48 heavy (non-hydrogen) atoms. The van der Waals surface area contributed by atoms with Crippen LogP contribution in [0, 0.1) is 0 Å². The van der Waals surface area contributed by atoms with E-state index in [4.69, 9.17) is 0 Å². The van der Waals surface area contributed by atoms with Crippen molar-refractivity contribution in [3.05, 3.63) is 170 Å². The van der Waals surface area contributed by atoms with Gasteiger partial charge in [0.1, 0.15) is 0 Å². The van der Waals surface area contributed by atoms with Crippen molar-refractivity contribution < 1.29 is 0 Å². The quantitative estimate of drug-likeness (QED) is 0.151. The lowest BCUT2D eigenvalue weighted by Crippen LogP contribution is -2.11.